The van der Waals surface area contributed by atoms with Gasteiger partial charge in [-0.3, -0.25) is 0 Å². The van der Waals surface area contributed by atoms with Crippen LogP contribution >= 0.6 is 23.5 Å². The van der Waals surface area contributed by atoms with E-state index in [0.29, 0.717) is 21.6 Å². The van der Waals surface area contributed by atoms with Crippen molar-refractivity contribution >= 4 is 35.3 Å². The standard InChI is InChI=1S/C21H24F3N3O2S2/c1-29-19(28)16-17(25-15-9-4-3-5-10-15)26-20(30-2)27-18(16)31-12-13-7-6-8-14(11-13)21(22,23)24/h6-8,11,15H,3-5,9-10,12H2,1-2H3,(H,25,26,27). The summed E-state index contributed by atoms with van der Waals surface area (Å²) >= 11 is 2.53. The molecule has 1 aliphatic carbocycles. The first-order valence-electron chi connectivity index (χ1n) is 9.91. The molecule has 31 heavy (non-hydrogen) atoms. The van der Waals surface area contributed by atoms with Gasteiger partial charge in [-0.1, -0.05) is 49.2 Å². The molecule has 1 heterocycles. The lowest BCUT2D eigenvalue weighted by Crippen LogP contribution is -2.25. The van der Waals surface area contributed by atoms with E-state index in [1.165, 1.54) is 43.1 Å². The number of carbonyl (C=O) groups is 1. The Labute approximate surface area is 188 Å². The maximum atomic E-state index is 13.0. The van der Waals surface area contributed by atoms with Crippen LogP contribution in [0.3, 0.4) is 0 Å². The van der Waals surface area contributed by atoms with Crippen LogP contribution in [0, 0.1) is 0 Å². The fraction of sp³-hybridized carbons (Fsp3) is 0.476. The second kappa shape index (κ2) is 10.6. The van der Waals surface area contributed by atoms with Gasteiger partial charge in [0.05, 0.1) is 12.7 Å². The molecule has 0 aliphatic heterocycles. The third kappa shape index (κ3) is 6.29. The van der Waals surface area contributed by atoms with Gasteiger partial charge in [0.25, 0.3) is 0 Å². The second-order valence-electron chi connectivity index (χ2n) is 7.20. The number of benzene rings is 1. The predicted molar refractivity (Wildman–Crippen MR) is 117 cm³/mol. The van der Waals surface area contributed by atoms with Crippen LogP contribution in [0.15, 0.2) is 34.4 Å². The predicted octanol–water partition coefficient (Wildman–Crippen LogP) is 6.04. The van der Waals surface area contributed by atoms with Gasteiger partial charge in [0.15, 0.2) is 5.16 Å². The number of rotatable bonds is 7. The van der Waals surface area contributed by atoms with Crippen LogP contribution in [-0.4, -0.2) is 35.3 Å². The van der Waals surface area contributed by atoms with Crippen molar-refractivity contribution in [3.05, 3.63) is 41.0 Å². The summed E-state index contributed by atoms with van der Waals surface area (Å²) in [4.78, 5) is 21.5. The number of hydrogen-bond acceptors (Lipinski definition) is 7. The van der Waals surface area contributed by atoms with Crippen LogP contribution in [-0.2, 0) is 16.7 Å². The summed E-state index contributed by atoms with van der Waals surface area (Å²) in [5.41, 5.74) is 0.00975. The summed E-state index contributed by atoms with van der Waals surface area (Å²) < 4.78 is 44.0. The molecule has 0 radical (unpaired) electrons. The second-order valence-corrected chi connectivity index (χ2v) is 8.93. The molecule has 0 bridgehead atoms. The average Bonchev–Trinajstić information content (AvgIpc) is 2.77. The highest BCUT2D eigenvalue weighted by atomic mass is 32.2. The quantitative estimate of drug-likeness (QED) is 0.229. The Hall–Kier alpha value is -1.94. The molecule has 0 atom stereocenters. The van der Waals surface area contributed by atoms with E-state index >= 15 is 0 Å². The minimum atomic E-state index is -4.41. The Morgan fingerprint density at radius 3 is 2.61 bits per heavy atom. The van der Waals surface area contributed by atoms with Gasteiger partial charge in [-0.2, -0.15) is 13.2 Å². The number of thioether (sulfide) groups is 2. The van der Waals surface area contributed by atoms with Crippen LogP contribution in [0.4, 0.5) is 19.0 Å². The van der Waals surface area contributed by atoms with E-state index in [1.807, 2.05) is 6.26 Å². The zero-order chi connectivity index (χ0) is 22.4. The Morgan fingerprint density at radius 2 is 1.97 bits per heavy atom. The van der Waals surface area contributed by atoms with Crippen molar-refractivity contribution in [2.24, 2.45) is 0 Å². The van der Waals surface area contributed by atoms with E-state index in [1.54, 1.807) is 6.07 Å². The number of hydrogen-bond donors (Lipinski definition) is 1. The summed E-state index contributed by atoms with van der Waals surface area (Å²) in [5.74, 6) is 0.0730. The molecule has 1 aliphatic rings. The van der Waals surface area contributed by atoms with Crippen molar-refractivity contribution in [2.45, 2.75) is 60.3 Å². The number of halogens is 3. The number of methoxy groups -OCH3 is 1. The van der Waals surface area contributed by atoms with Gasteiger partial charge < -0.3 is 10.1 Å². The smallest absolute Gasteiger partial charge is 0.416 e. The lowest BCUT2D eigenvalue weighted by atomic mass is 9.95. The van der Waals surface area contributed by atoms with Crippen molar-refractivity contribution in [3.8, 4) is 0 Å². The fourth-order valence-electron chi connectivity index (χ4n) is 3.44. The first kappa shape index (κ1) is 23.7. The van der Waals surface area contributed by atoms with Crippen LogP contribution in [0.5, 0.6) is 0 Å². The van der Waals surface area contributed by atoms with Crippen LogP contribution in [0.1, 0.15) is 53.6 Å². The van der Waals surface area contributed by atoms with Gasteiger partial charge >= 0.3 is 12.1 Å². The Morgan fingerprint density at radius 1 is 1.23 bits per heavy atom. The van der Waals surface area contributed by atoms with E-state index in [9.17, 15) is 18.0 Å². The number of anilines is 1. The van der Waals surface area contributed by atoms with Gasteiger partial charge in [0, 0.05) is 11.8 Å². The molecule has 10 heteroatoms. The molecule has 168 valence electrons. The molecular weight excluding hydrogens is 447 g/mol. The number of nitrogens with zero attached hydrogens (tertiary/aromatic N) is 2. The number of carbonyl (C=O) groups excluding carboxylic acids is 1. The van der Waals surface area contributed by atoms with E-state index in [-0.39, 0.29) is 17.4 Å². The lowest BCUT2D eigenvalue weighted by molar-refractivity contribution is -0.137. The molecule has 3 rings (SSSR count). The molecule has 1 aromatic heterocycles. The average molecular weight is 472 g/mol. The summed E-state index contributed by atoms with van der Waals surface area (Å²) in [6.07, 6.45) is 2.83. The highest BCUT2D eigenvalue weighted by Crippen LogP contribution is 2.34. The molecule has 0 saturated heterocycles. The number of aromatic nitrogens is 2. The molecule has 1 aromatic carbocycles. The van der Waals surface area contributed by atoms with Gasteiger partial charge in [0.2, 0.25) is 0 Å². The first-order valence-corrected chi connectivity index (χ1v) is 12.1. The highest BCUT2D eigenvalue weighted by Gasteiger charge is 2.30. The lowest BCUT2D eigenvalue weighted by Gasteiger charge is -2.24. The Balaban J connectivity index is 1.90. The van der Waals surface area contributed by atoms with Crippen LogP contribution < -0.4 is 5.32 Å². The molecule has 1 N–H and O–H groups in total. The van der Waals surface area contributed by atoms with Crippen molar-refractivity contribution in [1.82, 2.24) is 9.97 Å². The third-order valence-corrected chi connectivity index (χ3v) is 6.60. The van der Waals surface area contributed by atoms with Crippen molar-refractivity contribution in [2.75, 3.05) is 18.7 Å². The zero-order valence-electron chi connectivity index (χ0n) is 17.3. The number of alkyl halides is 3. The van der Waals surface area contributed by atoms with Crippen molar-refractivity contribution < 1.29 is 22.7 Å². The topological polar surface area (TPSA) is 64.1 Å². The normalized spacial score (nSPS) is 15.0. The van der Waals surface area contributed by atoms with Gasteiger partial charge in [-0.25, -0.2) is 14.8 Å². The van der Waals surface area contributed by atoms with E-state index in [4.69, 9.17) is 4.74 Å². The summed E-state index contributed by atoms with van der Waals surface area (Å²) in [6, 6.07) is 5.36. The summed E-state index contributed by atoms with van der Waals surface area (Å²) in [5, 5.41) is 4.25. The van der Waals surface area contributed by atoms with Gasteiger partial charge in [-0.05, 0) is 30.7 Å². The van der Waals surface area contributed by atoms with Gasteiger partial charge in [0.1, 0.15) is 16.4 Å². The maximum Gasteiger partial charge on any atom is 0.416 e. The van der Waals surface area contributed by atoms with Crippen LogP contribution in [0.25, 0.3) is 0 Å². The zero-order valence-corrected chi connectivity index (χ0v) is 18.9. The molecule has 0 spiro atoms. The van der Waals surface area contributed by atoms with E-state index in [2.05, 4.69) is 15.3 Å². The monoisotopic (exact) mass is 471 g/mol. The SMILES string of the molecule is COC(=O)c1c(NC2CCCCC2)nc(SC)nc1SCc1cccc(C(F)(F)F)c1. The molecule has 1 saturated carbocycles. The van der Waals surface area contributed by atoms with Crippen LogP contribution in [0.2, 0.25) is 0 Å². The Kier molecular flexibility index (Phi) is 8.10. The van der Waals surface area contributed by atoms with Crippen molar-refractivity contribution in [1.29, 1.82) is 0 Å². The minimum Gasteiger partial charge on any atom is -0.465 e. The van der Waals surface area contributed by atoms with E-state index < -0.39 is 17.7 Å². The van der Waals surface area contributed by atoms with Crippen molar-refractivity contribution in [3.63, 3.8) is 0 Å². The molecule has 0 unspecified atom stereocenters. The summed E-state index contributed by atoms with van der Waals surface area (Å²) in [7, 11) is 1.29. The number of nitrogens with one attached hydrogen (secondary N) is 1. The highest BCUT2D eigenvalue weighted by molar-refractivity contribution is 7.99. The van der Waals surface area contributed by atoms with Gasteiger partial charge in [-0.15, -0.1) is 11.8 Å². The summed E-state index contributed by atoms with van der Waals surface area (Å²) in [6.45, 7) is 0. The molecule has 1 fully saturated rings. The minimum absolute atomic E-state index is 0.211. The first-order chi connectivity index (χ1) is 14.8. The molecule has 5 nitrogen and oxygen atoms in total. The molecular formula is C21H24F3N3O2S2. The molecule has 2 aromatic rings. The van der Waals surface area contributed by atoms with E-state index in [0.717, 1.165) is 37.8 Å². The Bertz CT molecular complexity index is 919. The number of esters is 1. The largest absolute Gasteiger partial charge is 0.465 e. The third-order valence-electron chi connectivity index (χ3n) is 5.00. The number of ether oxygens (including phenoxy) is 1. The maximum absolute atomic E-state index is 13.0. The fourth-order valence-corrected chi connectivity index (χ4v) is 4.82. The molecule has 0 amide bonds.